The van der Waals surface area contributed by atoms with E-state index in [1.54, 1.807) is 17.4 Å². The number of hydrogen-bond donors (Lipinski definition) is 0. The van der Waals surface area contributed by atoms with Crippen molar-refractivity contribution in [1.82, 2.24) is 4.98 Å². The van der Waals surface area contributed by atoms with Gasteiger partial charge in [0.15, 0.2) is 0 Å². The third-order valence-corrected chi connectivity index (χ3v) is 4.05. The zero-order valence-corrected chi connectivity index (χ0v) is 12.3. The number of carbonyl (C=O) groups is 1. The minimum absolute atomic E-state index is 0.0763. The molecule has 0 fully saturated rings. The summed E-state index contributed by atoms with van der Waals surface area (Å²) < 4.78 is 5.45. The highest BCUT2D eigenvalue weighted by Gasteiger charge is 2.27. The Kier molecular flexibility index (Phi) is 3.83. The molecule has 0 saturated carbocycles. The van der Waals surface area contributed by atoms with Crippen LogP contribution in [0.4, 0.5) is 5.82 Å². The third-order valence-electron chi connectivity index (χ3n) is 3.19. The molecule has 0 radical (unpaired) electrons. The molecule has 0 N–H and O–H groups in total. The summed E-state index contributed by atoms with van der Waals surface area (Å²) in [5.41, 5.74) is 0. The lowest BCUT2D eigenvalue weighted by atomic mass is 10.2. The molecule has 5 heteroatoms. The Morgan fingerprint density at radius 1 is 1.24 bits per heavy atom. The van der Waals surface area contributed by atoms with E-state index in [-0.39, 0.29) is 11.9 Å². The van der Waals surface area contributed by atoms with Gasteiger partial charge >= 0.3 is 0 Å². The normalized spacial score (nSPS) is 12.0. The van der Waals surface area contributed by atoms with Gasteiger partial charge in [0.25, 0.3) is 5.91 Å². The predicted octanol–water partition coefficient (Wildman–Crippen LogP) is 4.14. The molecule has 0 bridgehead atoms. The van der Waals surface area contributed by atoms with Gasteiger partial charge in [-0.25, -0.2) is 4.98 Å². The van der Waals surface area contributed by atoms with Crippen molar-refractivity contribution in [3.8, 4) is 0 Å². The summed E-state index contributed by atoms with van der Waals surface area (Å²) in [6, 6.07) is 12.7. The molecule has 0 spiro atoms. The Morgan fingerprint density at radius 3 is 2.76 bits per heavy atom. The molecule has 0 aromatic carbocycles. The lowest BCUT2D eigenvalue weighted by Crippen LogP contribution is -2.33. The first-order chi connectivity index (χ1) is 10.3. The van der Waals surface area contributed by atoms with Crippen molar-refractivity contribution in [2.75, 3.05) is 4.90 Å². The molecule has 0 aliphatic rings. The molecule has 106 valence electrons. The van der Waals surface area contributed by atoms with Gasteiger partial charge in [-0.05, 0) is 42.6 Å². The van der Waals surface area contributed by atoms with Crippen LogP contribution in [0.2, 0.25) is 0 Å². The minimum Gasteiger partial charge on any atom is -0.467 e. The smallest absolute Gasteiger partial charge is 0.270 e. The Hall–Kier alpha value is -2.40. The summed E-state index contributed by atoms with van der Waals surface area (Å²) in [4.78, 5) is 19.4. The van der Waals surface area contributed by atoms with Gasteiger partial charge in [-0.3, -0.25) is 9.69 Å². The van der Waals surface area contributed by atoms with Gasteiger partial charge in [-0.15, -0.1) is 11.3 Å². The predicted molar refractivity (Wildman–Crippen MR) is 82.5 cm³/mol. The molecule has 1 amide bonds. The van der Waals surface area contributed by atoms with Crippen LogP contribution in [-0.2, 0) is 0 Å². The van der Waals surface area contributed by atoms with E-state index in [1.165, 1.54) is 11.3 Å². The molecule has 0 unspecified atom stereocenters. The summed E-state index contributed by atoms with van der Waals surface area (Å²) in [5.74, 6) is 1.26. The second-order valence-corrected chi connectivity index (χ2v) is 5.48. The van der Waals surface area contributed by atoms with E-state index in [1.807, 2.05) is 54.8 Å². The van der Waals surface area contributed by atoms with Crippen molar-refractivity contribution >= 4 is 23.1 Å². The standard InChI is InChI=1S/C16H14N2O2S/c1-12(13-6-4-10-20-13)18(15-8-2-3-9-17-15)16(19)14-7-5-11-21-14/h2-12H,1H3/t12-/m1/s1. The van der Waals surface area contributed by atoms with Crippen molar-refractivity contribution in [3.63, 3.8) is 0 Å². The molecule has 3 aromatic rings. The van der Waals surface area contributed by atoms with E-state index in [9.17, 15) is 4.79 Å². The Bertz CT molecular complexity index is 693. The fraction of sp³-hybridized carbons (Fsp3) is 0.125. The first-order valence-electron chi connectivity index (χ1n) is 6.59. The number of nitrogens with zero attached hydrogens (tertiary/aromatic N) is 2. The highest BCUT2D eigenvalue weighted by molar-refractivity contribution is 7.12. The quantitative estimate of drug-likeness (QED) is 0.727. The van der Waals surface area contributed by atoms with Crippen LogP contribution in [0.5, 0.6) is 0 Å². The largest absolute Gasteiger partial charge is 0.467 e. The van der Waals surface area contributed by atoms with Crippen LogP contribution in [0, 0.1) is 0 Å². The summed E-state index contributed by atoms with van der Waals surface area (Å²) in [5, 5.41) is 1.89. The summed E-state index contributed by atoms with van der Waals surface area (Å²) in [7, 11) is 0. The molecular weight excluding hydrogens is 284 g/mol. The van der Waals surface area contributed by atoms with Crippen molar-refractivity contribution in [2.45, 2.75) is 13.0 Å². The summed E-state index contributed by atoms with van der Waals surface area (Å²) in [6.45, 7) is 1.93. The van der Waals surface area contributed by atoms with E-state index in [0.717, 1.165) is 5.76 Å². The van der Waals surface area contributed by atoms with Crippen LogP contribution in [-0.4, -0.2) is 10.9 Å². The maximum atomic E-state index is 12.8. The topological polar surface area (TPSA) is 46.3 Å². The van der Waals surface area contributed by atoms with Crippen LogP contribution in [0.15, 0.2) is 64.7 Å². The number of carbonyl (C=O) groups excluding carboxylic acids is 1. The van der Waals surface area contributed by atoms with Crippen LogP contribution in [0.3, 0.4) is 0 Å². The summed E-state index contributed by atoms with van der Waals surface area (Å²) in [6.07, 6.45) is 3.29. The number of anilines is 1. The lowest BCUT2D eigenvalue weighted by Gasteiger charge is -2.26. The third kappa shape index (κ3) is 2.73. The van der Waals surface area contributed by atoms with Crippen LogP contribution in [0.1, 0.15) is 28.4 Å². The molecule has 4 nitrogen and oxygen atoms in total. The molecule has 1 atom stereocenters. The highest BCUT2D eigenvalue weighted by Crippen LogP contribution is 2.28. The molecule has 3 aromatic heterocycles. The fourth-order valence-corrected chi connectivity index (χ4v) is 2.81. The molecule has 3 heterocycles. The van der Waals surface area contributed by atoms with E-state index in [0.29, 0.717) is 10.7 Å². The van der Waals surface area contributed by atoms with Crippen LogP contribution < -0.4 is 4.90 Å². The maximum Gasteiger partial charge on any atom is 0.270 e. The number of rotatable bonds is 4. The van der Waals surface area contributed by atoms with E-state index in [2.05, 4.69) is 4.98 Å². The second kappa shape index (κ2) is 5.93. The SMILES string of the molecule is C[C@H](c1ccco1)N(C(=O)c1cccs1)c1ccccn1. The van der Waals surface area contributed by atoms with E-state index < -0.39 is 0 Å². The van der Waals surface area contributed by atoms with Crippen molar-refractivity contribution in [2.24, 2.45) is 0 Å². The van der Waals surface area contributed by atoms with E-state index >= 15 is 0 Å². The fourth-order valence-electron chi connectivity index (χ4n) is 2.15. The number of thiophene rings is 1. The highest BCUT2D eigenvalue weighted by atomic mass is 32.1. The summed E-state index contributed by atoms with van der Waals surface area (Å²) >= 11 is 1.42. The maximum absolute atomic E-state index is 12.8. The second-order valence-electron chi connectivity index (χ2n) is 4.53. The van der Waals surface area contributed by atoms with Gasteiger partial charge in [0.2, 0.25) is 0 Å². The number of pyridine rings is 1. The molecule has 0 aliphatic carbocycles. The number of amides is 1. The zero-order chi connectivity index (χ0) is 14.7. The molecular formula is C16H14N2O2S. The van der Waals surface area contributed by atoms with Gasteiger partial charge in [-0.2, -0.15) is 0 Å². The molecule has 0 saturated heterocycles. The average Bonchev–Trinajstić information content (AvgIpc) is 3.22. The van der Waals surface area contributed by atoms with Crippen molar-refractivity contribution in [3.05, 3.63) is 70.9 Å². The number of hydrogen-bond acceptors (Lipinski definition) is 4. The Labute approximate surface area is 126 Å². The van der Waals surface area contributed by atoms with Crippen LogP contribution in [0.25, 0.3) is 0 Å². The Balaban J connectivity index is 2.01. The first-order valence-corrected chi connectivity index (χ1v) is 7.47. The zero-order valence-electron chi connectivity index (χ0n) is 11.5. The average molecular weight is 298 g/mol. The van der Waals surface area contributed by atoms with Crippen molar-refractivity contribution in [1.29, 1.82) is 0 Å². The van der Waals surface area contributed by atoms with Gasteiger partial charge in [-0.1, -0.05) is 12.1 Å². The molecule has 3 rings (SSSR count). The first kappa shape index (κ1) is 13.6. The molecule has 21 heavy (non-hydrogen) atoms. The van der Waals surface area contributed by atoms with Crippen LogP contribution >= 0.6 is 11.3 Å². The minimum atomic E-state index is -0.232. The number of aromatic nitrogens is 1. The van der Waals surface area contributed by atoms with Crippen molar-refractivity contribution < 1.29 is 9.21 Å². The number of furan rings is 1. The van der Waals surface area contributed by atoms with Gasteiger partial charge in [0.05, 0.1) is 17.2 Å². The van der Waals surface area contributed by atoms with Gasteiger partial charge in [0.1, 0.15) is 11.6 Å². The Morgan fingerprint density at radius 2 is 2.14 bits per heavy atom. The van der Waals surface area contributed by atoms with Gasteiger partial charge in [0, 0.05) is 6.20 Å². The monoisotopic (exact) mass is 298 g/mol. The molecule has 0 aliphatic heterocycles. The lowest BCUT2D eigenvalue weighted by molar-refractivity contribution is 0.0978. The van der Waals surface area contributed by atoms with Gasteiger partial charge < -0.3 is 4.42 Å². The van der Waals surface area contributed by atoms with E-state index in [4.69, 9.17) is 4.42 Å².